The molecule has 1 aliphatic heterocycles. The van der Waals surface area contributed by atoms with Gasteiger partial charge in [-0.2, -0.15) is 0 Å². The minimum Gasteiger partial charge on any atom is -0.351 e. The highest BCUT2D eigenvalue weighted by Crippen LogP contribution is 2.50. The normalized spacial score (nSPS) is 23.4. The van der Waals surface area contributed by atoms with E-state index in [1.165, 1.54) is 6.26 Å². The minimum absolute atomic E-state index is 0.327. The van der Waals surface area contributed by atoms with E-state index in [2.05, 4.69) is 15.3 Å². The zero-order valence-electron chi connectivity index (χ0n) is 11.6. The van der Waals surface area contributed by atoms with Gasteiger partial charge in [0.25, 0.3) is 0 Å². The average Bonchev–Trinajstić information content (AvgIpc) is 2.38. The van der Waals surface area contributed by atoms with Crippen LogP contribution in [0.4, 0.5) is 5.95 Å². The number of hydrogen-bond acceptors (Lipinski definition) is 5. The summed E-state index contributed by atoms with van der Waals surface area (Å²) >= 11 is 0. The molecule has 3 rings (SSSR count). The fourth-order valence-electron chi connectivity index (χ4n) is 3.34. The molecular formula is C13H20N4O2S. The fourth-order valence-corrected chi connectivity index (χ4v) is 4.19. The summed E-state index contributed by atoms with van der Waals surface area (Å²) in [5, 5.41) is 3.34. The van der Waals surface area contributed by atoms with Crippen LogP contribution in [0.2, 0.25) is 0 Å². The van der Waals surface area contributed by atoms with Gasteiger partial charge < -0.3 is 5.32 Å². The van der Waals surface area contributed by atoms with Crippen LogP contribution in [-0.4, -0.2) is 48.1 Å². The van der Waals surface area contributed by atoms with E-state index in [0.29, 0.717) is 30.5 Å². The first-order valence-corrected chi connectivity index (χ1v) is 8.80. The van der Waals surface area contributed by atoms with Gasteiger partial charge in [0.2, 0.25) is 16.0 Å². The highest BCUT2D eigenvalue weighted by atomic mass is 32.2. The van der Waals surface area contributed by atoms with E-state index < -0.39 is 10.0 Å². The molecule has 1 spiro atoms. The SMILES string of the molecule is CS(=O)(=O)N1CCC2(CC1)CC(Nc1ncccn1)C2. The van der Waals surface area contributed by atoms with Crippen LogP contribution in [0.15, 0.2) is 18.5 Å². The Morgan fingerprint density at radius 2 is 1.85 bits per heavy atom. The van der Waals surface area contributed by atoms with Crippen molar-refractivity contribution in [2.45, 2.75) is 31.7 Å². The van der Waals surface area contributed by atoms with E-state index >= 15 is 0 Å². The molecule has 1 aromatic heterocycles. The van der Waals surface area contributed by atoms with Crippen LogP contribution in [0, 0.1) is 5.41 Å². The lowest BCUT2D eigenvalue weighted by atomic mass is 9.60. The minimum atomic E-state index is -3.02. The summed E-state index contributed by atoms with van der Waals surface area (Å²) in [5.41, 5.74) is 0.327. The monoisotopic (exact) mass is 296 g/mol. The number of sulfonamides is 1. The van der Waals surface area contributed by atoms with Crippen molar-refractivity contribution in [2.24, 2.45) is 5.41 Å². The van der Waals surface area contributed by atoms with E-state index in [1.807, 2.05) is 0 Å². The summed E-state index contributed by atoms with van der Waals surface area (Å²) in [6.45, 7) is 1.32. The molecule has 20 heavy (non-hydrogen) atoms. The molecule has 1 aromatic rings. The fraction of sp³-hybridized carbons (Fsp3) is 0.692. The molecule has 0 bridgehead atoms. The topological polar surface area (TPSA) is 75.2 Å². The lowest BCUT2D eigenvalue weighted by Crippen LogP contribution is -2.52. The van der Waals surface area contributed by atoms with E-state index in [0.717, 1.165) is 25.7 Å². The highest BCUT2D eigenvalue weighted by Gasteiger charge is 2.46. The molecule has 0 amide bonds. The highest BCUT2D eigenvalue weighted by molar-refractivity contribution is 7.88. The predicted octanol–water partition coefficient (Wildman–Crippen LogP) is 1.09. The van der Waals surface area contributed by atoms with Crippen LogP contribution in [0.3, 0.4) is 0 Å². The van der Waals surface area contributed by atoms with Gasteiger partial charge in [-0.3, -0.25) is 0 Å². The standard InChI is InChI=1S/C13H20N4O2S/c1-20(18,19)17-7-3-13(4-8-17)9-11(10-13)16-12-14-5-2-6-15-12/h2,5-6,11H,3-4,7-10H2,1H3,(H,14,15,16). The summed E-state index contributed by atoms with van der Waals surface area (Å²) in [7, 11) is -3.02. The first-order chi connectivity index (χ1) is 9.47. The van der Waals surface area contributed by atoms with Crippen molar-refractivity contribution in [2.75, 3.05) is 24.7 Å². The second kappa shape index (κ2) is 4.96. The molecule has 0 radical (unpaired) electrons. The molecule has 1 aliphatic carbocycles. The quantitative estimate of drug-likeness (QED) is 0.904. The van der Waals surface area contributed by atoms with Gasteiger partial charge in [-0.25, -0.2) is 22.7 Å². The van der Waals surface area contributed by atoms with Crippen molar-refractivity contribution in [1.82, 2.24) is 14.3 Å². The summed E-state index contributed by atoms with van der Waals surface area (Å²) in [6, 6.07) is 2.22. The van der Waals surface area contributed by atoms with Crippen LogP contribution in [0.5, 0.6) is 0 Å². The van der Waals surface area contributed by atoms with Crippen molar-refractivity contribution in [1.29, 1.82) is 0 Å². The largest absolute Gasteiger partial charge is 0.351 e. The number of anilines is 1. The number of aromatic nitrogens is 2. The van der Waals surface area contributed by atoms with Crippen molar-refractivity contribution in [3.8, 4) is 0 Å². The van der Waals surface area contributed by atoms with Gasteiger partial charge in [0.15, 0.2) is 0 Å². The molecule has 1 N–H and O–H groups in total. The van der Waals surface area contributed by atoms with Crippen molar-refractivity contribution in [3.63, 3.8) is 0 Å². The third-order valence-corrected chi connectivity index (χ3v) is 5.81. The zero-order valence-corrected chi connectivity index (χ0v) is 12.4. The molecule has 0 aromatic carbocycles. The molecule has 2 fully saturated rings. The Kier molecular flexibility index (Phi) is 3.41. The Bertz CT molecular complexity index is 559. The zero-order chi connectivity index (χ0) is 14.2. The van der Waals surface area contributed by atoms with Gasteiger partial charge in [0, 0.05) is 31.5 Å². The van der Waals surface area contributed by atoms with Crippen molar-refractivity contribution in [3.05, 3.63) is 18.5 Å². The van der Waals surface area contributed by atoms with Crippen LogP contribution < -0.4 is 5.32 Å². The maximum atomic E-state index is 11.5. The maximum absolute atomic E-state index is 11.5. The predicted molar refractivity (Wildman–Crippen MR) is 76.8 cm³/mol. The lowest BCUT2D eigenvalue weighted by Gasteiger charge is -2.51. The van der Waals surface area contributed by atoms with Gasteiger partial charge in [-0.15, -0.1) is 0 Å². The lowest BCUT2D eigenvalue weighted by molar-refractivity contribution is 0.0486. The molecule has 7 heteroatoms. The Hall–Kier alpha value is -1.21. The third-order valence-electron chi connectivity index (χ3n) is 4.51. The number of nitrogens with zero attached hydrogens (tertiary/aromatic N) is 3. The van der Waals surface area contributed by atoms with Gasteiger partial charge in [-0.1, -0.05) is 0 Å². The number of rotatable bonds is 3. The van der Waals surface area contributed by atoms with Gasteiger partial charge >= 0.3 is 0 Å². The molecule has 1 saturated heterocycles. The Morgan fingerprint density at radius 1 is 1.25 bits per heavy atom. The molecule has 2 aliphatic rings. The average molecular weight is 296 g/mol. The molecule has 0 atom stereocenters. The number of nitrogens with one attached hydrogen (secondary N) is 1. The Morgan fingerprint density at radius 3 is 2.40 bits per heavy atom. The molecular weight excluding hydrogens is 276 g/mol. The second-order valence-corrected chi connectivity index (χ2v) is 7.97. The smallest absolute Gasteiger partial charge is 0.222 e. The van der Waals surface area contributed by atoms with Crippen LogP contribution in [0.1, 0.15) is 25.7 Å². The second-order valence-electron chi connectivity index (χ2n) is 5.98. The Balaban J connectivity index is 1.51. The number of hydrogen-bond donors (Lipinski definition) is 1. The Labute approximate surface area is 119 Å². The summed E-state index contributed by atoms with van der Waals surface area (Å²) in [4.78, 5) is 8.34. The van der Waals surface area contributed by atoms with E-state index in [4.69, 9.17) is 0 Å². The van der Waals surface area contributed by atoms with Gasteiger partial charge in [0.1, 0.15) is 0 Å². The van der Waals surface area contributed by atoms with Crippen molar-refractivity contribution >= 4 is 16.0 Å². The summed E-state index contributed by atoms with van der Waals surface area (Å²) < 4.78 is 24.6. The van der Waals surface area contributed by atoms with Crippen LogP contribution in [0.25, 0.3) is 0 Å². The third kappa shape index (κ3) is 2.78. The maximum Gasteiger partial charge on any atom is 0.222 e. The summed E-state index contributed by atoms with van der Waals surface area (Å²) in [5.74, 6) is 0.681. The van der Waals surface area contributed by atoms with E-state index in [9.17, 15) is 8.42 Å². The molecule has 1 saturated carbocycles. The molecule has 6 nitrogen and oxygen atoms in total. The van der Waals surface area contributed by atoms with Crippen LogP contribution >= 0.6 is 0 Å². The number of piperidine rings is 1. The summed E-state index contributed by atoms with van der Waals surface area (Å²) in [6.07, 6.45) is 8.86. The van der Waals surface area contributed by atoms with E-state index in [-0.39, 0.29) is 0 Å². The first kappa shape index (κ1) is 13.8. The van der Waals surface area contributed by atoms with E-state index in [1.54, 1.807) is 22.8 Å². The molecule has 0 unspecified atom stereocenters. The molecule has 2 heterocycles. The first-order valence-electron chi connectivity index (χ1n) is 6.96. The van der Waals surface area contributed by atoms with Gasteiger partial charge in [0.05, 0.1) is 6.26 Å². The van der Waals surface area contributed by atoms with Crippen LogP contribution in [-0.2, 0) is 10.0 Å². The van der Waals surface area contributed by atoms with Crippen molar-refractivity contribution < 1.29 is 8.42 Å². The van der Waals surface area contributed by atoms with Gasteiger partial charge in [-0.05, 0) is 37.2 Å². The molecule has 110 valence electrons.